The Kier molecular flexibility index (Phi) is 5.26. The zero-order valence-corrected chi connectivity index (χ0v) is 16.3. The van der Waals surface area contributed by atoms with E-state index in [1.54, 1.807) is 31.0 Å². The number of rotatable bonds is 5. The fourth-order valence-corrected chi connectivity index (χ4v) is 3.18. The average Bonchev–Trinajstić information content (AvgIpc) is 2.64. The molecule has 1 amide bonds. The van der Waals surface area contributed by atoms with Crippen LogP contribution in [0.3, 0.4) is 0 Å². The SMILES string of the molecule is Cc1cc(N(C)CC(=O)Nc2cccc(C)c2C)c2cccc([N+](=O)[O-])c2n1. The molecule has 0 bridgehead atoms. The number of nitrogens with zero attached hydrogens (tertiary/aromatic N) is 3. The number of para-hydroxylation sites is 1. The van der Waals surface area contributed by atoms with Gasteiger partial charge < -0.3 is 10.2 Å². The molecule has 0 atom stereocenters. The van der Waals surface area contributed by atoms with Crippen LogP contribution in [0.1, 0.15) is 16.8 Å². The van der Waals surface area contributed by atoms with E-state index in [4.69, 9.17) is 0 Å². The summed E-state index contributed by atoms with van der Waals surface area (Å²) < 4.78 is 0. The van der Waals surface area contributed by atoms with Gasteiger partial charge in [-0.25, -0.2) is 4.98 Å². The van der Waals surface area contributed by atoms with Crippen LogP contribution < -0.4 is 10.2 Å². The molecule has 2 aromatic carbocycles. The van der Waals surface area contributed by atoms with Gasteiger partial charge in [-0.15, -0.1) is 0 Å². The Labute approximate surface area is 163 Å². The molecule has 0 fully saturated rings. The van der Waals surface area contributed by atoms with Crippen molar-refractivity contribution in [2.75, 3.05) is 23.8 Å². The maximum atomic E-state index is 12.6. The van der Waals surface area contributed by atoms with Crippen LogP contribution in [0.4, 0.5) is 17.1 Å². The predicted molar refractivity (Wildman–Crippen MR) is 111 cm³/mol. The molecule has 0 aliphatic carbocycles. The second-order valence-corrected chi connectivity index (χ2v) is 6.86. The van der Waals surface area contributed by atoms with Gasteiger partial charge >= 0.3 is 0 Å². The first-order chi connectivity index (χ1) is 13.3. The largest absolute Gasteiger partial charge is 0.365 e. The smallest absolute Gasteiger partial charge is 0.295 e. The van der Waals surface area contributed by atoms with Gasteiger partial charge in [0.25, 0.3) is 5.69 Å². The molecule has 0 saturated heterocycles. The van der Waals surface area contributed by atoms with Crippen molar-refractivity contribution >= 4 is 33.9 Å². The fourth-order valence-electron chi connectivity index (χ4n) is 3.18. The van der Waals surface area contributed by atoms with Crippen molar-refractivity contribution in [3.8, 4) is 0 Å². The molecule has 1 N–H and O–H groups in total. The van der Waals surface area contributed by atoms with Gasteiger partial charge in [0.15, 0.2) is 5.52 Å². The first-order valence-corrected chi connectivity index (χ1v) is 8.90. The fraction of sp³-hybridized carbons (Fsp3) is 0.238. The van der Waals surface area contributed by atoms with Crippen LogP contribution >= 0.6 is 0 Å². The highest BCUT2D eigenvalue weighted by Crippen LogP contribution is 2.31. The number of nitro groups is 1. The van der Waals surface area contributed by atoms with Gasteiger partial charge in [0, 0.05) is 35.6 Å². The number of hydrogen-bond donors (Lipinski definition) is 1. The Balaban J connectivity index is 1.90. The maximum absolute atomic E-state index is 12.6. The van der Waals surface area contributed by atoms with E-state index in [2.05, 4.69) is 10.3 Å². The van der Waals surface area contributed by atoms with Gasteiger partial charge in [0.2, 0.25) is 5.91 Å². The Morgan fingerprint density at radius 1 is 1.18 bits per heavy atom. The number of carbonyl (C=O) groups is 1. The summed E-state index contributed by atoms with van der Waals surface area (Å²) in [4.78, 5) is 29.6. The third-order valence-corrected chi connectivity index (χ3v) is 4.79. The topological polar surface area (TPSA) is 88.4 Å². The van der Waals surface area contributed by atoms with Crippen LogP contribution in [-0.2, 0) is 4.79 Å². The number of fused-ring (bicyclic) bond motifs is 1. The number of likely N-dealkylation sites (N-methyl/N-ethyl adjacent to an activating group) is 1. The molecule has 1 heterocycles. The number of benzene rings is 2. The molecule has 1 aromatic heterocycles. The second-order valence-electron chi connectivity index (χ2n) is 6.86. The minimum atomic E-state index is -0.439. The van der Waals surface area contributed by atoms with E-state index in [0.717, 1.165) is 22.5 Å². The van der Waals surface area contributed by atoms with Crippen LogP contribution in [-0.4, -0.2) is 29.4 Å². The second kappa shape index (κ2) is 7.64. The number of pyridine rings is 1. The van der Waals surface area contributed by atoms with Crippen molar-refractivity contribution in [2.24, 2.45) is 0 Å². The standard InChI is InChI=1S/C21H22N4O3/c1-13-7-5-9-17(15(13)3)23-20(26)12-24(4)19-11-14(2)22-21-16(19)8-6-10-18(21)25(27)28/h5-11H,12H2,1-4H3,(H,23,26). The number of non-ortho nitro benzene ring substituents is 1. The molecule has 3 aromatic rings. The van der Waals surface area contributed by atoms with Gasteiger partial charge in [0.1, 0.15) is 0 Å². The van der Waals surface area contributed by atoms with Crippen LogP contribution in [0.2, 0.25) is 0 Å². The number of aryl methyl sites for hydroxylation is 2. The summed E-state index contributed by atoms with van der Waals surface area (Å²) in [6, 6.07) is 12.4. The van der Waals surface area contributed by atoms with E-state index in [9.17, 15) is 14.9 Å². The monoisotopic (exact) mass is 378 g/mol. The van der Waals surface area contributed by atoms with Gasteiger partial charge in [-0.1, -0.05) is 24.3 Å². The lowest BCUT2D eigenvalue weighted by Gasteiger charge is -2.21. The van der Waals surface area contributed by atoms with Gasteiger partial charge in [-0.05, 0) is 44.0 Å². The highest BCUT2D eigenvalue weighted by Gasteiger charge is 2.18. The van der Waals surface area contributed by atoms with Crippen LogP contribution in [0, 0.1) is 30.9 Å². The Morgan fingerprint density at radius 3 is 2.61 bits per heavy atom. The summed E-state index contributed by atoms with van der Waals surface area (Å²) in [5.41, 5.74) is 4.57. The van der Waals surface area contributed by atoms with Crippen molar-refractivity contribution in [2.45, 2.75) is 20.8 Å². The molecular weight excluding hydrogens is 356 g/mol. The highest BCUT2D eigenvalue weighted by molar-refractivity contribution is 6.00. The Bertz CT molecular complexity index is 1080. The maximum Gasteiger partial charge on any atom is 0.295 e. The average molecular weight is 378 g/mol. The molecule has 0 aliphatic heterocycles. The zero-order chi connectivity index (χ0) is 20.4. The summed E-state index contributed by atoms with van der Waals surface area (Å²) >= 11 is 0. The van der Waals surface area contributed by atoms with Crippen LogP contribution in [0.5, 0.6) is 0 Å². The molecule has 3 rings (SSSR count). The van der Waals surface area contributed by atoms with Gasteiger partial charge in [-0.2, -0.15) is 0 Å². The molecule has 144 valence electrons. The molecule has 28 heavy (non-hydrogen) atoms. The number of aromatic nitrogens is 1. The zero-order valence-electron chi connectivity index (χ0n) is 16.3. The first kappa shape index (κ1) is 19.3. The number of anilines is 2. The van der Waals surface area contributed by atoms with Crippen molar-refractivity contribution < 1.29 is 9.72 Å². The molecule has 7 heteroatoms. The molecular formula is C21H22N4O3. The molecule has 0 radical (unpaired) electrons. The predicted octanol–water partition coefficient (Wildman–Crippen LogP) is 4.14. The lowest BCUT2D eigenvalue weighted by Crippen LogP contribution is -2.30. The lowest BCUT2D eigenvalue weighted by molar-refractivity contribution is -0.383. The normalized spacial score (nSPS) is 10.7. The summed E-state index contributed by atoms with van der Waals surface area (Å²) in [6.07, 6.45) is 0. The Morgan fingerprint density at radius 2 is 1.89 bits per heavy atom. The van der Waals surface area contributed by atoms with E-state index in [0.29, 0.717) is 16.6 Å². The molecule has 0 spiro atoms. The summed E-state index contributed by atoms with van der Waals surface area (Å²) in [5.74, 6) is -0.163. The van der Waals surface area contributed by atoms with Crippen LogP contribution in [0.15, 0.2) is 42.5 Å². The van der Waals surface area contributed by atoms with Crippen molar-refractivity contribution in [3.05, 3.63) is 69.4 Å². The van der Waals surface area contributed by atoms with Gasteiger partial charge in [-0.3, -0.25) is 14.9 Å². The number of amides is 1. The third kappa shape index (κ3) is 3.78. The van der Waals surface area contributed by atoms with E-state index < -0.39 is 4.92 Å². The minimum absolute atomic E-state index is 0.0457. The number of nitro benzene ring substituents is 1. The summed E-state index contributed by atoms with van der Waals surface area (Å²) in [7, 11) is 1.79. The van der Waals surface area contributed by atoms with Crippen molar-refractivity contribution in [1.82, 2.24) is 4.98 Å². The first-order valence-electron chi connectivity index (χ1n) is 8.90. The van der Waals surface area contributed by atoms with Crippen molar-refractivity contribution in [3.63, 3.8) is 0 Å². The third-order valence-electron chi connectivity index (χ3n) is 4.79. The van der Waals surface area contributed by atoms with Gasteiger partial charge in [0.05, 0.1) is 11.5 Å². The molecule has 0 unspecified atom stereocenters. The Hall–Kier alpha value is -3.48. The van der Waals surface area contributed by atoms with Crippen LogP contribution in [0.25, 0.3) is 10.9 Å². The number of nitrogens with one attached hydrogen (secondary N) is 1. The van der Waals surface area contributed by atoms with E-state index >= 15 is 0 Å². The minimum Gasteiger partial charge on any atom is -0.365 e. The van der Waals surface area contributed by atoms with E-state index in [1.807, 2.05) is 38.1 Å². The van der Waals surface area contributed by atoms with E-state index in [-0.39, 0.29) is 18.1 Å². The lowest BCUT2D eigenvalue weighted by atomic mass is 10.1. The van der Waals surface area contributed by atoms with Crippen molar-refractivity contribution in [1.29, 1.82) is 0 Å². The summed E-state index contributed by atoms with van der Waals surface area (Å²) in [6.45, 7) is 5.85. The molecule has 0 aliphatic rings. The highest BCUT2D eigenvalue weighted by atomic mass is 16.6. The molecule has 7 nitrogen and oxygen atoms in total. The number of hydrogen-bond acceptors (Lipinski definition) is 5. The quantitative estimate of drug-likeness (QED) is 0.532. The molecule has 0 saturated carbocycles. The van der Waals surface area contributed by atoms with E-state index in [1.165, 1.54) is 6.07 Å². The summed E-state index contributed by atoms with van der Waals surface area (Å²) in [5, 5.41) is 14.9. The number of carbonyl (C=O) groups excluding carboxylic acids is 1.